The summed E-state index contributed by atoms with van der Waals surface area (Å²) in [5.74, 6) is 1.48. The molecule has 2 atom stereocenters. The molecule has 0 radical (unpaired) electrons. The summed E-state index contributed by atoms with van der Waals surface area (Å²) in [6.07, 6.45) is 7.47. The van der Waals surface area contributed by atoms with Crippen molar-refractivity contribution < 1.29 is 0 Å². The lowest BCUT2D eigenvalue weighted by atomic mass is 9.81. The predicted octanol–water partition coefficient (Wildman–Crippen LogP) is 3.55. The minimum Gasteiger partial charge on any atom is -0.214 e. The first-order valence-electron chi connectivity index (χ1n) is 5.19. The summed E-state index contributed by atoms with van der Waals surface area (Å²) in [6, 6.07) is 0. The second-order valence-corrected chi connectivity index (χ2v) is 5.54. The van der Waals surface area contributed by atoms with Crippen molar-refractivity contribution in [2.45, 2.75) is 43.7 Å². The van der Waals surface area contributed by atoms with E-state index in [1.165, 1.54) is 30.7 Å². The number of hydrogen-bond donors (Lipinski definition) is 0. The van der Waals surface area contributed by atoms with Crippen LogP contribution in [0, 0.1) is 5.92 Å². The van der Waals surface area contributed by atoms with Crippen molar-refractivity contribution in [3.63, 3.8) is 0 Å². The normalized spacial score (nSPS) is 27.9. The fraction of sp³-hybridized carbons (Fsp3) is 0.800. The largest absolute Gasteiger partial charge is 0.214 e. The molecule has 0 spiro atoms. The maximum Gasteiger partial charge on any atom is 0.200 e. The molecule has 1 heterocycles. The third kappa shape index (κ3) is 2.11. The topological polar surface area (TPSA) is 25.8 Å². The van der Waals surface area contributed by atoms with E-state index in [1.807, 2.05) is 6.26 Å². The second-order valence-electron chi connectivity index (χ2n) is 3.99. The van der Waals surface area contributed by atoms with Gasteiger partial charge in [-0.15, -0.1) is 0 Å². The molecule has 78 valence electrons. The Morgan fingerprint density at radius 2 is 2.14 bits per heavy atom. The highest BCUT2D eigenvalue weighted by molar-refractivity contribution is 7.98. The summed E-state index contributed by atoms with van der Waals surface area (Å²) in [5.41, 5.74) is 0. The highest BCUT2D eigenvalue weighted by atomic mass is 32.2. The zero-order valence-electron chi connectivity index (χ0n) is 8.69. The summed E-state index contributed by atoms with van der Waals surface area (Å²) < 4.78 is 4.34. The Bertz CT molecular complexity index is 298. The first-order chi connectivity index (χ1) is 6.81. The monoisotopic (exact) mass is 228 g/mol. The van der Waals surface area contributed by atoms with Crippen LogP contribution in [0.4, 0.5) is 0 Å². The van der Waals surface area contributed by atoms with Crippen LogP contribution in [0.15, 0.2) is 5.16 Å². The van der Waals surface area contributed by atoms with Crippen molar-refractivity contribution >= 4 is 23.3 Å². The van der Waals surface area contributed by atoms with Gasteiger partial charge in [0, 0.05) is 5.92 Å². The second kappa shape index (κ2) is 4.62. The van der Waals surface area contributed by atoms with Gasteiger partial charge in [-0.25, -0.2) is 4.98 Å². The summed E-state index contributed by atoms with van der Waals surface area (Å²) >= 11 is 3.25. The van der Waals surface area contributed by atoms with Gasteiger partial charge in [-0.05, 0) is 30.1 Å². The van der Waals surface area contributed by atoms with E-state index in [9.17, 15) is 0 Å². The van der Waals surface area contributed by atoms with Gasteiger partial charge in [0.05, 0.1) is 0 Å². The standard InChI is InChI=1S/C10H16N2S2/c1-7-5-3-4-6-8(7)9-11-10(13-2)12-14-9/h7-8H,3-6H2,1-2H3. The molecule has 4 heteroatoms. The molecule has 1 aliphatic rings. The summed E-state index contributed by atoms with van der Waals surface area (Å²) in [6.45, 7) is 2.35. The predicted molar refractivity (Wildman–Crippen MR) is 62.1 cm³/mol. The number of aromatic nitrogens is 2. The summed E-state index contributed by atoms with van der Waals surface area (Å²) in [4.78, 5) is 4.57. The summed E-state index contributed by atoms with van der Waals surface area (Å²) in [7, 11) is 0. The first-order valence-corrected chi connectivity index (χ1v) is 7.18. The molecule has 14 heavy (non-hydrogen) atoms. The first kappa shape index (κ1) is 10.4. The lowest BCUT2D eigenvalue weighted by Crippen LogP contribution is -2.14. The van der Waals surface area contributed by atoms with Crippen molar-refractivity contribution in [2.75, 3.05) is 6.26 Å². The van der Waals surface area contributed by atoms with E-state index in [4.69, 9.17) is 0 Å². The lowest BCUT2D eigenvalue weighted by molar-refractivity contribution is 0.329. The van der Waals surface area contributed by atoms with Crippen LogP contribution in [0.25, 0.3) is 0 Å². The average Bonchev–Trinajstić information content (AvgIpc) is 2.67. The highest BCUT2D eigenvalue weighted by Gasteiger charge is 2.25. The Morgan fingerprint density at radius 3 is 2.79 bits per heavy atom. The third-order valence-corrected chi connectivity index (χ3v) is 4.54. The Labute approximate surface area is 93.7 Å². The number of hydrogen-bond acceptors (Lipinski definition) is 4. The highest BCUT2D eigenvalue weighted by Crippen LogP contribution is 2.38. The molecule has 1 aliphatic carbocycles. The molecule has 2 rings (SSSR count). The van der Waals surface area contributed by atoms with Gasteiger partial charge in [-0.3, -0.25) is 0 Å². The molecule has 0 aliphatic heterocycles. The lowest BCUT2D eigenvalue weighted by Gasteiger charge is -2.26. The fourth-order valence-corrected chi connectivity index (χ4v) is 3.62. The molecular formula is C10H16N2S2. The van der Waals surface area contributed by atoms with Gasteiger partial charge in [-0.2, -0.15) is 4.37 Å². The smallest absolute Gasteiger partial charge is 0.200 e. The van der Waals surface area contributed by atoms with Gasteiger partial charge < -0.3 is 0 Å². The summed E-state index contributed by atoms with van der Waals surface area (Å²) in [5, 5.41) is 2.21. The Kier molecular flexibility index (Phi) is 3.44. The van der Waals surface area contributed by atoms with Gasteiger partial charge in [-0.1, -0.05) is 37.9 Å². The Morgan fingerprint density at radius 1 is 1.36 bits per heavy atom. The van der Waals surface area contributed by atoms with Gasteiger partial charge >= 0.3 is 0 Å². The van der Waals surface area contributed by atoms with E-state index in [-0.39, 0.29) is 0 Å². The van der Waals surface area contributed by atoms with Crippen molar-refractivity contribution in [1.82, 2.24) is 9.36 Å². The van der Waals surface area contributed by atoms with Crippen LogP contribution in [0.3, 0.4) is 0 Å². The molecule has 0 saturated heterocycles. The average molecular weight is 228 g/mol. The van der Waals surface area contributed by atoms with Crippen molar-refractivity contribution in [2.24, 2.45) is 5.92 Å². The zero-order valence-corrected chi connectivity index (χ0v) is 10.3. The van der Waals surface area contributed by atoms with Crippen molar-refractivity contribution in [3.05, 3.63) is 5.01 Å². The van der Waals surface area contributed by atoms with E-state index < -0.39 is 0 Å². The molecule has 1 aromatic heterocycles. The molecular weight excluding hydrogens is 212 g/mol. The zero-order chi connectivity index (χ0) is 9.97. The van der Waals surface area contributed by atoms with Gasteiger partial charge in [0.2, 0.25) is 0 Å². The molecule has 0 N–H and O–H groups in total. The van der Waals surface area contributed by atoms with Crippen LogP contribution in [0.2, 0.25) is 0 Å². The van der Waals surface area contributed by atoms with Gasteiger partial charge in [0.25, 0.3) is 0 Å². The molecule has 1 aromatic rings. The Hall–Kier alpha value is -0.0900. The van der Waals surface area contributed by atoms with E-state index in [2.05, 4.69) is 16.3 Å². The molecule has 0 aromatic carbocycles. The fourth-order valence-electron chi connectivity index (χ4n) is 2.14. The number of nitrogens with zero attached hydrogens (tertiary/aromatic N) is 2. The van der Waals surface area contributed by atoms with Crippen molar-refractivity contribution in [3.8, 4) is 0 Å². The molecule has 0 amide bonds. The van der Waals surface area contributed by atoms with Crippen molar-refractivity contribution in [1.29, 1.82) is 0 Å². The van der Waals surface area contributed by atoms with Crippen LogP contribution < -0.4 is 0 Å². The van der Waals surface area contributed by atoms with Gasteiger partial charge in [0.15, 0.2) is 5.16 Å². The maximum atomic E-state index is 4.57. The van der Waals surface area contributed by atoms with Crippen LogP contribution in [0.5, 0.6) is 0 Å². The van der Waals surface area contributed by atoms with Gasteiger partial charge in [0.1, 0.15) is 5.01 Å². The van der Waals surface area contributed by atoms with Crippen LogP contribution >= 0.6 is 23.3 Å². The number of thioether (sulfide) groups is 1. The maximum absolute atomic E-state index is 4.57. The third-order valence-electron chi connectivity index (χ3n) is 3.03. The van der Waals surface area contributed by atoms with E-state index in [0.29, 0.717) is 5.92 Å². The minimum absolute atomic E-state index is 0.683. The SMILES string of the molecule is CSc1nsc(C2CCCCC2C)n1. The quantitative estimate of drug-likeness (QED) is 0.724. The van der Waals surface area contributed by atoms with Crippen LogP contribution in [-0.4, -0.2) is 15.6 Å². The Balaban J connectivity index is 2.12. The molecule has 2 nitrogen and oxygen atoms in total. The molecule has 1 saturated carbocycles. The number of rotatable bonds is 2. The van der Waals surface area contributed by atoms with E-state index in [0.717, 1.165) is 11.1 Å². The molecule has 1 fully saturated rings. The minimum atomic E-state index is 0.683. The molecule has 0 bridgehead atoms. The van der Waals surface area contributed by atoms with E-state index in [1.54, 1.807) is 23.3 Å². The van der Waals surface area contributed by atoms with Crippen LogP contribution in [0.1, 0.15) is 43.5 Å². The van der Waals surface area contributed by atoms with Crippen LogP contribution in [-0.2, 0) is 0 Å². The molecule has 2 unspecified atom stereocenters. The van der Waals surface area contributed by atoms with E-state index >= 15 is 0 Å².